The van der Waals surface area contributed by atoms with Crippen molar-refractivity contribution in [3.8, 4) is 0 Å². The zero-order chi connectivity index (χ0) is 12.3. The number of aliphatic hydroxyl groups is 1. The fraction of sp³-hybridized carbons (Fsp3) is 0.462. The highest BCUT2D eigenvalue weighted by atomic mass is 16.3. The summed E-state index contributed by atoms with van der Waals surface area (Å²) in [5, 5.41) is 12.3. The average Bonchev–Trinajstić information content (AvgIpc) is 2.50. The third kappa shape index (κ3) is 2.65. The molecule has 1 heterocycles. The van der Waals surface area contributed by atoms with Crippen LogP contribution in [0.1, 0.15) is 6.92 Å². The molecule has 1 amide bonds. The molecule has 2 unspecified atom stereocenters. The lowest BCUT2D eigenvalue weighted by atomic mass is 10.1. The largest absolute Gasteiger partial charge is 0.394 e. The zero-order valence-corrected chi connectivity index (χ0v) is 9.97. The van der Waals surface area contributed by atoms with E-state index >= 15 is 0 Å². The predicted molar refractivity (Wildman–Crippen MR) is 66.8 cm³/mol. The molecule has 0 aromatic heterocycles. The molecular formula is C13H18N2O2. The summed E-state index contributed by atoms with van der Waals surface area (Å²) in [5.41, 5.74) is 0.895. The lowest BCUT2D eigenvalue weighted by Gasteiger charge is -2.24. The molecule has 1 saturated heterocycles. The Bertz CT molecular complexity index is 380. The van der Waals surface area contributed by atoms with Gasteiger partial charge in [-0.05, 0) is 18.1 Å². The molecule has 92 valence electrons. The number of carbonyl (C=O) groups is 1. The van der Waals surface area contributed by atoms with Gasteiger partial charge in [0.15, 0.2) is 0 Å². The van der Waals surface area contributed by atoms with Crippen molar-refractivity contribution in [2.24, 2.45) is 5.92 Å². The number of benzene rings is 1. The minimum absolute atomic E-state index is 0.0527. The SMILES string of the molecule is CC1CNC(CO)C(=O)N(c2ccccc2)C1. The molecule has 0 bridgehead atoms. The van der Waals surface area contributed by atoms with E-state index in [2.05, 4.69) is 12.2 Å². The maximum Gasteiger partial charge on any atom is 0.246 e. The normalized spacial score (nSPS) is 25.8. The predicted octanol–water partition coefficient (Wildman–Crippen LogP) is 0.620. The minimum Gasteiger partial charge on any atom is -0.394 e. The van der Waals surface area contributed by atoms with Gasteiger partial charge in [-0.3, -0.25) is 4.79 Å². The van der Waals surface area contributed by atoms with Crippen LogP contribution >= 0.6 is 0 Å². The second kappa shape index (κ2) is 5.29. The van der Waals surface area contributed by atoms with Crippen molar-refractivity contribution in [1.29, 1.82) is 0 Å². The zero-order valence-electron chi connectivity index (χ0n) is 9.97. The van der Waals surface area contributed by atoms with E-state index in [1.807, 2.05) is 30.3 Å². The second-order valence-electron chi connectivity index (χ2n) is 4.53. The number of carbonyl (C=O) groups excluding carboxylic acids is 1. The van der Waals surface area contributed by atoms with Crippen LogP contribution in [0.4, 0.5) is 5.69 Å². The van der Waals surface area contributed by atoms with Crippen LogP contribution in [-0.2, 0) is 4.79 Å². The Kier molecular flexibility index (Phi) is 3.76. The molecule has 4 heteroatoms. The molecule has 1 aliphatic rings. The summed E-state index contributed by atoms with van der Waals surface area (Å²) in [6.07, 6.45) is 0. The lowest BCUT2D eigenvalue weighted by molar-refractivity contribution is -0.121. The van der Waals surface area contributed by atoms with Crippen LogP contribution in [0.2, 0.25) is 0 Å². The maximum absolute atomic E-state index is 12.2. The van der Waals surface area contributed by atoms with Crippen molar-refractivity contribution in [2.45, 2.75) is 13.0 Å². The molecular weight excluding hydrogens is 216 g/mol. The summed E-state index contributed by atoms with van der Waals surface area (Å²) in [5.74, 6) is 0.318. The van der Waals surface area contributed by atoms with E-state index in [4.69, 9.17) is 0 Å². The van der Waals surface area contributed by atoms with Crippen LogP contribution in [0, 0.1) is 5.92 Å². The molecule has 2 N–H and O–H groups in total. The summed E-state index contributed by atoms with van der Waals surface area (Å²) < 4.78 is 0. The summed E-state index contributed by atoms with van der Waals surface area (Å²) in [6, 6.07) is 9.12. The monoisotopic (exact) mass is 234 g/mol. The molecule has 0 radical (unpaired) electrons. The van der Waals surface area contributed by atoms with Crippen LogP contribution < -0.4 is 10.2 Å². The summed E-state index contributed by atoms with van der Waals surface area (Å²) in [4.78, 5) is 14.0. The third-order valence-electron chi connectivity index (χ3n) is 3.02. The van der Waals surface area contributed by atoms with Gasteiger partial charge in [-0.25, -0.2) is 0 Å². The summed E-state index contributed by atoms with van der Waals surface area (Å²) >= 11 is 0. The number of hydrogen-bond donors (Lipinski definition) is 2. The molecule has 1 aliphatic heterocycles. The molecule has 0 spiro atoms. The van der Waals surface area contributed by atoms with Gasteiger partial charge in [0.25, 0.3) is 0 Å². The van der Waals surface area contributed by atoms with Crippen molar-refractivity contribution in [3.63, 3.8) is 0 Å². The Labute approximate surface area is 101 Å². The number of nitrogens with one attached hydrogen (secondary N) is 1. The van der Waals surface area contributed by atoms with Gasteiger partial charge < -0.3 is 15.3 Å². The third-order valence-corrected chi connectivity index (χ3v) is 3.02. The standard InChI is InChI=1S/C13H18N2O2/c1-10-7-14-12(9-16)13(17)15(8-10)11-5-3-2-4-6-11/h2-6,10,12,14,16H,7-9H2,1H3. The van der Waals surface area contributed by atoms with E-state index < -0.39 is 6.04 Å². The second-order valence-corrected chi connectivity index (χ2v) is 4.53. The van der Waals surface area contributed by atoms with Gasteiger partial charge in [0.2, 0.25) is 5.91 Å². The Hall–Kier alpha value is -1.39. The molecule has 0 saturated carbocycles. The number of aliphatic hydroxyl groups excluding tert-OH is 1. The summed E-state index contributed by atoms with van der Waals surface area (Å²) in [6.45, 7) is 3.37. The molecule has 17 heavy (non-hydrogen) atoms. The smallest absolute Gasteiger partial charge is 0.246 e. The van der Waals surface area contributed by atoms with E-state index in [-0.39, 0.29) is 12.5 Å². The Morgan fingerprint density at radius 2 is 2.12 bits per heavy atom. The maximum atomic E-state index is 12.2. The number of rotatable bonds is 2. The Balaban J connectivity index is 2.26. The average molecular weight is 234 g/mol. The van der Waals surface area contributed by atoms with E-state index in [0.29, 0.717) is 12.5 Å². The van der Waals surface area contributed by atoms with Crippen molar-refractivity contribution in [3.05, 3.63) is 30.3 Å². The van der Waals surface area contributed by atoms with Gasteiger partial charge in [0.1, 0.15) is 6.04 Å². The van der Waals surface area contributed by atoms with Gasteiger partial charge in [0.05, 0.1) is 6.61 Å². The topological polar surface area (TPSA) is 52.6 Å². The van der Waals surface area contributed by atoms with Crippen LogP contribution in [-0.4, -0.2) is 36.8 Å². The van der Waals surface area contributed by atoms with Crippen molar-refractivity contribution in [2.75, 3.05) is 24.6 Å². The van der Waals surface area contributed by atoms with Crippen LogP contribution in [0.5, 0.6) is 0 Å². The molecule has 0 aliphatic carbocycles. The van der Waals surface area contributed by atoms with Gasteiger partial charge in [-0.2, -0.15) is 0 Å². The molecule has 1 aromatic carbocycles. The van der Waals surface area contributed by atoms with E-state index in [0.717, 1.165) is 12.2 Å². The Morgan fingerprint density at radius 3 is 2.76 bits per heavy atom. The van der Waals surface area contributed by atoms with E-state index in [9.17, 15) is 9.90 Å². The van der Waals surface area contributed by atoms with Gasteiger partial charge in [-0.15, -0.1) is 0 Å². The number of nitrogens with zero attached hydrogens (tertiary/aromatic N) is 1. The van der Waals surface area contributed by atoms with Gasteiger partial charge >= 0.3 is 0 Å². The number of amides is 1. The quantitative estimate of drug-likeness (QED) is 0.788. The van der Waals surface area contributed by atoms with Crippen molar-refractivity contribution < 1.29 is 9.90 Å². The van der Waals surface area contributed by atoms with Crippen molar-refractivity contribution >= 4 is 11.6 Å². The highest BCUT2D eigenvalue weighted by molar-refractivity contribution is 5.97. The first-order chi connectivity index (χ1) is 8.22. The first-order valence-electron chi connectivity index (χ1n) is 5.93. The van der Waals surface area contributed by atoms with E-state index in [1.54, 1.807) is 4.90 Å². The molecule has 2 atom stereocenters. The number of hydrogen-bond acceptors (Lipinski definition) is 3. The van der Waals surface area contributed by atoms with Crippen LogP contribution in [0.25, 0.3) is 0 Å². The number of anilines is 1. The minimum atomic E-state index is -0.486. The van der Waals surface area contributed by atoms with Gasteiger partial charge in [0, 0.05) is 18.8 Å². The first kappa shape index (κ1) is 12.1. The fourth-order valence-corrected chi connectivity index (χ4v) is 2.07. The molecule has 4 nitrogen and oxygen atoms in total. The highest BCUT2D eigenvalue weighted by Crippen LogP contribution is 2.18. The lowest BCUT2D eigenvalue weighted by Crippen LogP contribution is -2.45. The number of para-hydroxylation sites is 1. The summed E-state index contributed by atoms with van der Waals surface area (Å²) in [7, 11) is 0. The van der Waals surface area contributed by atoms with Crippen LogP contribution in [0.15, 0.2) is 30.3 Å². The molecule has 1 fully saturated rings. The highest BCUT2D eigenvalue weighted by Gasteiger charge is 2.29. The Morgan fingerprint density at radius 1 is 1.41 bits per heavy atom. The molecule has 2 rings (SSSR count). The van der Waals surface area contributed by atoms with Gasteiger partial charge in [-0.1, -0.05) is 25.1 Å². The van der Waals surface area contributed by atoms with Crippen LogP contribution in [0.3, 0.4) is 0 Å². The fourth-order valence-electron chi connectivity index (χ4n) is 2.07. The molecule has 1 aromatic rings. The van der Waals surface area contributed by atoms with E-state index in [1.165, 1.54) is 0 Å². The first-order valence-corrected chi connectivity index (χ1v) is 5.93. The van der Waals surface area contributed by atoms with Crippen molar-refractivity contribution in [1.82, 2.24) is 5.32 Å².